The number of fused-ring (bicyclic) bond motifs is 1. The summed E-state index contributed by atoms with van der Waals surface area (Å²) in [5, 5.41) is 9.83. The molecule has 0 spiro atoms. The van der Waals surface area contributed by atoms with Crippen LogP contribution in [0.25, 0.3) is 11.1 Å². The van der Waals surface area contributed by atoms with E-state index >= 15 is 0 Å². The lowest BCUT2D eigenvalue weighted by Gasteiger charge is -1.98. The maximum Gasteiger partial charge on any atom is 0.257 e. The summed E-state index contributed by atoms with van der Waals surface area (Å²) < 4.78 is 5.62. The molecular weight excluding hydrogens is 260 g/mol. The maximum atomic E-state index is 9.21. The van der Waals surface area contributed by atoms with Crippen molar-refractivity contribution in [3.05, 3.63) is 48.0 Å². The fraction of sp³-hybridized carbons (Fsp3) is 0.0714. The van der Waals surface area contributed by atoms with E-state index < -0.39 is 0 Å². The zero-order valence-corrected chi connectivity index (χ0v) is 10.9. The van der Waals surface area contributed by atoms with Gasteiger partial charge in [0.15, 0.2) is 5.58 Å². The second-order valence-corrected chi connectivity index (χ2v) is 5.09. The summed E-state index contributed by atoms with van der Waals surface area (Å²) in [5.74, 6) is 1.01. The van der Waals surface area contributed by atoms with Crippen LogP contribution in [0.5, 0.6) is 5.75 Å². The standard InChI is InChI=1S/C14H12N2O2S/c15-10-3-6-13-12(7-10)16-14(18-13)19-8-9-1-4-11(17)5-2-9/h1-7,17H,8,15H2. The lowest BCUT2D eigenvalue weighted by molar-refractivity contribution is 0.475. The summed E-state index contributed by atoms with van der Waals surface area (Å²) in [7, 11) is 0. The molecule has 0 fully saturated rings. The number of oxazole rings is 1. The van der Waals surface area contributed by atoms with Crippen LogP contribution in [0, 0.1) is 0 Å². The minimum absolute atomic E-state index is 0.270. The molecule has 0 aliphatic carbocycles. The van der Waals surface area contributed by atoms with Crippen molar-refractivity contribution in [2.24, 2.45) is 0 Å². The molecule has 0 aliphatic heterocycles. The highest BCUT2D eigenvalue weighted by Crippen LogP contribution is 2.27. The first-order valence-electron chi connectivity index (χ1n) is 5.77. The predicted molar refractivity (Wildman–Crippen MR) is 76.1 cm³/mol. The van der Waals surface area contributed by atoms with Gasteiger partial charge in [-0.2, -0.15) is 0 Å². The van der Waals surface area contributed by atoms with Crippen molar-refractivity contribution in [1.82, 2.24) is 4.98 Å². The number of hydrogen-bond donors (Lipinski definition) is 2. The van der Waals surface area contributed by atoms with Crippen molar-refractivity contribution in [3.8, 4) is 5.75 Å². The minimum atomic E-state index is 0.270. The van der Waals surface area contributed by atoms with Crippen molar-refractivity contribution < 1.29 is 9.52 Å². The van der Waals surface area contributed by atoms with Crippen molar-refractivity contribution in [2.45, 2.75) is 11.0 Å². The Morgan fingerprint density at radius 1 is 1.16 bits per heavy atom. The molecule has 0 amide bonds. The van der Waals surface area contributed by atoms with Crippen LogP contribution in [0.1, 0.15) is 5.56 Å². The number of anilines is 1. The Kier molecular flexibility index (Phi) is 3.05. The van der Waals surface area contributed by atoms with E-state index in [9.17, 15) is 5.11 Å². The van der Waals surface area contributed by atoms with E-state index in [4.69, 9.17) is 10.2 Å². The molecule has 0 bridgehead atoms. The Morgan fingerprint density at radius 3 is 2.74 bits per heavy atom. The third-order valence-electron chi connectivity index (χ3n) is 2.69. The number of aromatic nitrogens is 1. The van der Waals surface area contributed by atoms with Gasteiger partial charge in [-0.15, -0.1) is 0 Å². The molecule has 0 atom stereocenters. The summed E-state index contributed by atoms with van der Waals surface area (Å²) >= 11 is 1.51. The van der Waals surface area contributed by atoms with E-state index in [1.807, 2.05) is 18.2 Å². The summed E-state index contributed by atoms with van der Waals surface area (Å²) in [6.45, 7) is 0. The summed E-state index contributed by atoms with van der Waals surface area (Å²) in [6, 6.07) is 12.5. The second-order valence-electron chi connectivity index (χ2n) is 4.16. The van der Waals surface area contributed by atoms with Gasteiger partial charge in [-0.3, -0.25) is 0 Å². The lowest BCUT2D eigenvalue weighted by Crippen LogP contribution is -1.82. The Balaban J connectivity index is 1.76. The van der Waals surface area contributed by atoms with Gasteiger partial charge in [0.25, 0.3) is 5.22 Å². The quantitative estimate of drug-likeness (QED) is 0.564. The van der Waals surface area contributed by atoms with Crippen LogP contribution >= 0.6 is 11.8 Å². The highest BCUT2D eigenvalue weighted by Gasteiger charge is 2.06. The molecule has 1 aromatic heterocycles. The fourth-order valence-electron chi connectivity index (χ4n) is 1.72. The second kappa shape index (κ2) is 4.85. The molecule has 19 heavy (non-hydrogen) atoms. The normalized spacial score (nSPS) is 10.9. The Bertz CT molecular complexity index is 707. The molecule has 4 nitrogen and oxygen atoms in total. The first-order valence-corrected chi connectivity index (χ1v) is 6.76. The first-order chi connectivity index (χ1) is 9.20. The SMILES string of the molecule is Nc1ccc2oc(SCc3ccc(O)cc3)nc2c1. The smallest absolute Gasteiger partial charge is 0.257 e. The van der Waals surface area contributed by atoms with Gasteiger partial charge in [-0.1, -0.05) is 23.9 Å². The van der Waals surface area contributed by atoms with Gasteiger partial charge in [-0.05, 0) is 35.9 Å². The number of nitrogens with two attached hydrogens (primary N) is 1. The van der Waals surface area contributed by atoms with Crippen molar-refractivity contribution >= 4 is 28.5 Å². The summed E-state index contributed by atoms with van der Waals surface area (Å²) in [4.78, 5) is 4.37. The first kappa shape index (κ1) is 11.9. The molecule has 1 heterocycles. The summed E-state index contributed by atoms with van der Waals surface area (Å²) in [6.07, 6.45) is 0. The Morgan fingerprint density at radius 2 is 1.95 bits per heavy atom. The van der Waals surface area contributed by atoms with Gasteiger partial charge in [0, 0.05) is 11.4 Å². The molecule has 0 radical (unpaired) electrons. The molecule has 5 heteroatoms. The number of nitrogens with zero attached hydrogens (tertiary/aromatic N) is 1. The zero-order chi connectivity index (χ0) is 13.2. The monoisotopic (exact) mass is 272 g/mol. The van der Waals surface area contributed by atoms with Gasteiger partial charge in [-0.25, -0.2) is 4.98 Å². The Hall–Kier alpha value is -2.14. The number of hydrogen-bond acceptors (Lipinski definition) is 5. The average Bonchev–Trinajstić information content (AvgIpc) is 2.80. The largest absolute Gasteiger partial charge is 0.508 e. The van der Waals surface area contributed by atoms with Crippen LogP contribution in [0.15, 0.2) is 52.1 Å². The topological polar surface area (TPSA) is 72.3 Å². The number of nitrogen functional groups attached to an aromatic ring is 1. The van der Waals surface area contributed by atoms with E-state index in [0.29, 0.717) is 10.9 Å². The molecule has 96 valence electrons. The number of rotatable bonds is 3. The average molecular weight is 272 g/mol. The van der Waals surface area contributed by atoms with Crippen LogP contribution < -0.4 is 5.73 Å². The van der Waals surface area contributed by atoms with E-state index in [0.717, 1.165) is 22.4 Å². The number of thioether (sulfide) groups is 1. The third kappa shape index (κ3) is 2.66. The van der Waals surface area contributed by atoms with E-state index in [2.05, 4.69) is 4.98 Å². The lowest BCUT2D eigenvalue weighted by atomic mass is 10.2. The fourth-order valence-corrected chi connectivity index (χ4v) is 2.52. The van der Waals surface area contributed by atoms with Crippen LogP contribution in [0.3, 0.4) is 0 Å². The van der Waals surface area contributed by atoms with Gasteiger partial charge in [0.2, 0.25) is 0 Å². The highest BCUT2D eigenvalue weighted by molar-refractivity contribution is 7.98. The van der Waals surface area contributed by atoms with Crippen LogP contribution in [0.2, 0.25) is 0 Å². The summed E-state index contributed by atoms with van der Waals surface area (Å²) in [5.41, 5.74) is 8.99. The van der Waals surface area contributed by atoms with Gasteiger partial charge < -0.3 is 15.3 Å². The van der Waals surface area contributed by atoms with Crippen LogP contribution in [-0.2, 0) is 5.75 Å². The number of phenols is 1. The Labute approximate surface area is 114 Å². The number of benzene rings is 2. The van der Waals surface area contributed by atoms with Crippen molar-refractivity contribution in [2.75, 3.05) is 5.73 Å². The predicted octanol–water partition coefficient (Wildman–Crippen LogP) is 3.41. The molecule has 0 saturated carbocycles. The third-order valence-corrected chi connectivity index (χ3v) is 3.59. The maximum absolute atomic E-state index is 9.21. The van der Waals surface area contributed by atoms with Crippen LogP contribution in [-0.4, -0.2) is 10.1 Å². The molecule has 3 aromatic rings. The molecule has 3 rings (SSSR count). The molecule has 2 aromatic carbocycles. The van der Waals surface area contributed by atoms with Gasteiger partial charge in [0.05, 0.1) is 0 Å². The van der Waals surface area contributed by atoms with E-state index in [-0.39, 0.29) is 5.75 Å². The molecular formula is C14H12N2O2S. The van der Waals surface area contributed by atoms with Crippen LogP contribution in [0.4, 0.5) is 5.69 Å². The van der Waals surface area contributed by atoms with Gasteiger partial charge in [0.1, 0.15) is 11.3 Å². The zero-order valence-electron chi connectivity index (χ0n) is 10.0. The van der Waals surface area contributed by atoms with Crippen molar-refractivity contribution in [3.63, 3.8) is 0 Å². The number of phenolic OH excluding ortho intramolecular Hbond substituents is 1. The molecule has 0 aliphatic rings. The van der Waals surface area contributed by atoms with E-state index in [1.54, 1.807) is 24.3 Å². The van der Waals surface area contributed by atoms with E-state index in [1.165, 1.54) is 11.8 Å². The molecule has 0 saturated heterocycles. The van der Waals surface area contributed by atoms with Gasteiger partial charge >= 0.3 is 0 Å². The highest BCUT2D eigenvalue weighted by atomic mass is 32.2. The minimum Gasteiger partial charge on any atom is -0.508 e. The molecule has 3 N–H and O–H groups in total. The van der Waals surface area contributed by atoms with Crippen molar-refractivity contribution in [1.29, 1.82) is 0 Å². The molecule has 0 unspecified atom stereocenters. The number of aromatic hydroxyl groups is 1.